The van der Waals surface area contributed by atoms with E-state index in [9.17, 15) is 0 Å². The van der Waals surface area contributed by atoms with Gasteiger partial charge in [-0.2, -0.15) is 0 Å². The molecule has 0 aliphatic rings. The summed E-state index contributed by atoms with van der Waals surface area (Å²) in [5.41, 5.74) is 1.17. The number of hydrogen-bond donors (Lipinski definition) is 2. The molecule has 0 aliphatic heterocycles. The minimum Gasteiger partial charge on any atom is -0.508 e. The third-order valence-electron chi connectivity index (χ3n) is 2.12. The van der Waals surface area contributed by atoms with Gasteiger partial charge in [0.25, 0.3) is 0 Å². The van der Waals surface area contributed by atoms with Crippen LogP contribution >= 0.6 is 0 Å². The normalized spacial score (nSPS) is 9.06. The third-order valence-corrected chi connectivity index (χ3v) is 2.12. The highest BCUT2D eigenvalue weighted by atomic mass is 16.5. The molecule has 0 heterocycles. The zero-order valence-electron chi connectivity index (χ0n) is 9.92. The molecule has 0 saturated carbocycles. The first-order valence-corrected chi connectivity index (χ1v) is 5.21. The molecule has 3 nitrogen and oxygen atoms in total. The first kappa shape index (κ1) is 12.9. The van der Waals surface area contributed by atoms with Crippen molar-refractivity contribution in [3.8, 4) is 17.2 Å². The maximum atomic E-state index is 8.99. The summed E-state index contributed by atoms with van der Waals surface area (Å²) >= 11 is 0. The highest BCUT2D eigenvalue weighted by Gasteiger charge is 1.94. The number of benzene rings is 2. The first-order valence-electron chi connectivity index (χ1n) is 5.21. The Hall–Kier alpha value is -2.16. The average Bonchev–Trinajstić information content (AvgIpc) is 2.34. The summed E-state index contributed by atoms with van der Waals surface area (Å²) in [6.45, 7) is 1.99. The lowest BCUT2D eigenvalue weighted by molar-refractivity contribution is 0.373. The van der Waals surface area contributed by atoms with Crippen molar-refractivity contribution in [2.45, 2.75) is 6.92 Å². The molecule has 0 amide bonds. The van der Waals surface area contributed by atoms with E-state index in [2.05, 4.69) is 0 Å². The van der Waals surface area contributed by atoms with Crippen LogP contribution in [0.1, 0.15) is 5.56 Å². The van der Waals surface area contributed by atoms with E-state index in [-0.39, 0.29) is 5.75 Å². The Morgan fingerprint density at radius 3 is 1.88 bits per heavy atom. The predicted molar refractivity (Wildman–Crippen MR) is 67.5 cm³/mol. The molecule has 0 spiro atoms. The molecule has 0 radical (unpaired) electrons. The fraction of sp³-hybridized carbons (Fsp3) is 0.143. The van der Waals surface area contributed by atoms with E-state index in [1.54, 1.807) is 36.4 Å². The molecule has 2 N–H and O–H groups in total. The molecule has 2 rings (SSSR count). The van der Waals surface area contributed by atoms with Crippen LogP contribution < -0.4 is 4.74 Å². The zero-order chi connectivity index (χ0) is 12.7. The van der Waals surface area contributed by atoms with Crippen LogP contribution in [-0.4, -0.2) is 17.3 Å². The lowest BCUT2D eigenvalue weighted by atomic mass is 10.2. The largest absolute Gasteiger partial charge is 0.508 e. The number of phenolic OH excluding ortho intramolecular Hbond substituents is 2. The fourth-order valence-electron chi connectivity index (χ4n) is 1.17. The number of ether oxygens (including phenoxy) is 1. The van der Waals surface area contributed by atoms with Crippen molar-refractivity contribution in [1.82, 2.24) is 0 Å². The van der Waals surface area contributed by atoms with Gasteiger partial charge >= 0.3 is 0 Å². The number of phenols is 2. The Kier molecular flexibility index (Phi) is 4.88. The number of rotatable bonds is 1. The van der Waals surface area contributed by atoms with Crippen LogP contribution in [-0.2, 0) is 0 Å². The van der Waals surface area contributed by atoms with Crippen LogP contribution in [0.2, 0.25) is 0 Å². The van der Waals surface area contributed by atoms with Crippen molar-refractivity contribution in [3.05, 3.63) is 54.1 Å². The Morgan fingerprint density at radius 1 is 0.882 bits per heavy atom. The molecule has 0 aromatic heterocycles. The number of para-hydroxylation sites is 2. The molecule has 0 fully saturated rings. The quantitative estimate of drug-likeness (QED) is 0.794. The van der Waals surface area contributed by atoms with E-state index >= 15 is 0 Å². The summed E-state index contributed by atoms with van der Waals surface area (Å²) < 4.78 is 4.79. The molecule has 0 unspecified atom stereocenters. The topological polar surface area (TPSA) is 49.7 Å². The molecule has 2 aromatic rings. The van der Waals surface area contributed by atoms with Crippen molar-refractivity contribution < 1.29 is 14.9 Å². The number of methoxy groups -OCH3 is 1. The number of aryl methyl sites for hydroxylation is 1. The van der Waals surface area contributed by atoms with E-state index in [1.807, 2.05) is 19.1 Å². The van der Waals surface area contributed by atoms with Gasteiger partial charge in [-0.25, -0.2) is 0 Å². The van der Waals surface area contributed by atoms with Crippen LogP contribution in [0.15, 0.2) is 48.5 Å². The van der Waals surface area contributed by atoms with E-state index in [0.29, 0.717) is 11.5 Å². The molecule has 3 heteroatoms. The zero-order valence-corrected chi connectivity index (χ0v) is 9.92. The van der Waals surface area contributed by atoms with Gasteiger partial charge < -0.3 is 14.9 Å². The number of hydrogen-bond acceptors (Lipinski definition) is 3. The molecule has 2 aromatic carbocycles. The lowest BCUT2D eigenvalue weighted by Crippen LogP contribution is -1.80. The summed E-state index contributed by atoms with van der Waals surface area (Å²) in [4.78, 5) is 0. The van der Waals surface area contributed by atoms with Crippen LogP contribution in [0, 0.1) is 6.92 Å². The van der Waals surface area contributed by atoms with E-state index in [1.165, 1.54) is 12.7 Å². The SMILES string of the molecule is COc1ccccc1O.Cc1ccc(O)cc1. The van der Waals surface area contributed by atoms with Gasteiger partial charge in [0.15, 0.2) is 11.5 Å². The third kappa shape index (κ3) is 4.47. The second-order valence-electron chi connectivity index (χ2n) is 3.51. The minimum absolute atomic E-state index is 0.181. The minimum atomic E-state index is 0.181. The maximum Gasteiger partial charge on any atom is 0.160 e. The van der Waals surface area contributed by atoms with Crippen molar-refractivity contribution in [3.63, 3.8) is 0 Å². The second kappa shape index (κ2) is 6.43. The van der Waals surface area contributed by atoms with Gasteiger partial charge in [0.2, 0.25) is 0 Å². The van der Waals surface area contributed by atoms with Crippen LogP contribution in [0.25, 0.3) is 0 Å². The Morgan fingerprint density at radius 2 is 1.47 bits per heavy atom. The van der Waals surface area contributed by atoms with Crippen molar-refractivity contribution in [2.75, 3.05) is 7.11 Å². The first-order chi connectivity index (χ1) is 8.13. The summed E-state index contributed by atoms with van der Waals surface area (Å²) in [5, 5.41) is 17.7. The van der Waals surface area contributed by atoms with Crippen molar-refractivity contribution in [1.29, 1.82) is 0 Å². The maximum absolute atomic E-state index is 8.99. The summed E-state index contributed by atoms with van der Waals surface area (Å²) in [7, 11) is 1.52. The van der Waals surface area contributed by atoms with Gasteiger partial charge in [0, 0.05) is 0 Å². The van der Waals surface area contributed by atoms with E-state index < -0.39 is 0 Å². The average molecular weight is 232 g/mol. The highest BCUT2D eigenvalue weighted by Crippen LogP contribution is 2.23. The monoisotopic (exact) mass is 232 g/mol. The van der Waals surface area contributed by atoms with Crippen LogP contribution in [0.4, 0.5) is 0 Å². The van der Waals surface area contributed by atoms with Gasteiger partial charge in [0.05, 0.1) is 7.11 Å². The Balaban J connectivity index is 0.000000171. The summed E-state index contributed by atoms with van der Waals surface area (Å²) in [5.74, 6) is 1.02. The van der Waals surface area contributed by atoms with E-state index in [4.69, 9.17) is 14.9 Å². The Bertz CT molecular complexity index is 428. The highest BCUT2D eigenvalue weighted by molar-refractivity contribution is 5.37. The van der Waals surface area contributed by atoms with Crippen molar-refractivity contribution in [2.24, 2.45) is 0 Å². The molecule has 0 atom stereocenters. The van der Waals surface area contributed by atoms with Crippen LogP contribution in [0.3, 0.4) is 0 Å². The summed E-state index contributed by atoms with van der Waals surface area (Å²) in [6.07, 6.45) is 0. The second-order valence-corrected chi connectivity index (χ2v) is 3.51. The van der Waals surface area contributed by atoms with E-state index in [0.717, 1.165) is 0 Å². The van der Waals surface area contributed by atoms with Crippen molar-refractivity contribution >= 4 is 0 Å². The fourth-order valence-corrected chi connectivity index (χ4v) is 1.17. The molecule has 90 valence electrons. The number of aromatic hydroxyl groups is 2. The molecule has 17 heavy (non-hydrogen) atoms. The van der Waals surface area contributed by atoms with Crippen LogP contribution in [0.5, 0.6) is 17.2 Å². The molecule has 0 aliphatic carbocycles. The van der Waals surface area contributed by atoms with Gasteiger partial charge in [-0.05, 0) is 31.2 Å². The smallest absolute Gasteiger partial charge is 0.160 e. The molecular weight excluding hydrogens is 216 g/mol. The lowest BCUT2D eigenvalue weighted by Gasteiger charge is -1.99. The molecular formula is C14H16O3. The van der Waals surface area contributed by atoms with Gasteiger partial charge in [0.1, 0.15) is 5.75 Å². The standard InChI is InChI=1S/C7H8O2.C7H8O/c1-9-7-5-3-2-4-6(7)8;1-6-2-4-7(8)5-3-6/h2-5,8H,1H3;2-5,8H,1H3. The molecule has 0 saturated heterocycles. The van der Waals surface area contributed by atoms with Gasteiger partial charge in [-0.1, -0.05) is 29.8 Å². The van der Waals surface area contributed by atoms with Gasteiger partial charge in [-0.3, -0.25) is 0 Å². The predicted octanol–water partition coefficient (Wildman–Crippen LogP) is 3.10. The summed E-state index contributed by atoms with van der Waals surface area (Å²) in [6, 6.07) is 13.9. The Labute approximate surface area is 101 Å². The van der Waals surface area contributed by atoms with Gasteiger partial charge in [-0.15, -0.1) is 0 Å². The molecule has 0 bridgehead atoms.